The topological polar surface area (TPSA) is 61.9 Å². The highest BCUT2D eigenvalue weighted by Crippen LogP contribution is 2.14. The largest absolute Gasteiger partial charge is 0.444 e. The number of carbonyl (C=O) groups is 2. The molecule has 1 aromatic rings. The van der Waals surface area contributed by atoms with Crippen molar-refractivity contribution in [1.82, 2.24) is 9.80 Å². The molecule has 2 rings (SSSR count). The van der Waals surface area contributed by atoms with E-state index in [0.717, 1.165) is 31.7 Å². The summed E-state index contributed by atoms with van der Waals surface area (Å²) < 4.78 is 5.44. The molecule has 0 atom stereocenters. The fourth-order valence-corrected chi connectivity index (χ4v) is 3.11. The molecular weight excluding hydrogens is 354 g/mol. The molecule has 0 unspecified atom stereocenters. The maximum Gasteiger partial charge on any atom is 0.410 e. The summed E-state index contributed by atoms with van der Waals surface area (Å²) in [6.07, 6.45) is 1.27. The molecule has 1 aromatic carbocycles. The molecule has 1 N–H and O–H groups in total. The fraction of sp³-hybridized carbons (Fsp3) is 0.636. The Morgan fingerprint density at radius 2 is 1.68 bits per heavy atom. The van der Waals surface area contributed by atoms with Crippen LogP contribution in [-0.2, 0) is 16.0 Å². The molecule has 1 fully saturated rings. The highest BCUT2D eigenvalue weighted by Gasteiger charge is 2.25. The summed E-state index contributed by atoms with van der Waals surface area (Å²) in [6.45, 7) is 13.8. The number of ether oxygens (including phenoxy) is 1. The summed E-state index contributed by atoms with van der Waals surface area (Å²) >= 11 is 0. The van der Waals surface area contributed by atoms with Crippen LogP contribution in [0, 0.1) is 5.92 Å². The van der Waals surface area contributed by atoms with E-state index in [9.17, 15) is 9.59 Å². The van der Waals surface area contributed by atoms with Gasteiger partial charge in [0, 0.05) is 44.8 Å². The number of hydrogen-bond acceptors (Lipinski definition) is 4. The third-order valence-electron chi connectivity index (χ3n) is 4.57. The number of nitrogens with one attached hydrogen (secondary N) is 1. The zero-order chi connectivity index (χ0) is 20.7. The average Bonchev–Trinajstić information content (AvgIpc) is 2.59. The van der Waals surface area contributed by atoms with E-state index in [2.05, 4.69) is 22.3 Å². The van der Waals surface area contributed by atoms with Gasteiger partial charge in [-0.05, 0) is 50.8 Å². The lowest BCUT2D eigenvalue weighted by Crippen LogP contribution is -2.50. The Kier molecular flexibility index (Phi) is 7.87. The second-order valence-corrected chi connectivity index (χ2v) is 8.90. The molecule has 0 aromatic heterocycles. The monoisotopic (exact) mass is 389 g/mol. The van der Waals surface area contributed by atoms with Crippen molar-refractivity contribution >= 4 is 17.7 Å². The molecule has 6 nitrogen and oxygen atoms in total. The Bertz CT molecular complexity index is 642. The molecule has 1 saturated heterocycles. The number of piperazine rings is 1. The third kappa shape index (κ3) is 7.89. The van der Waals surface area contributed by atoms with Gasteiger partial charge in [0.05, 0.1) is 0 Å². The SMILES string of the molecule is CC(C)CC(=O)Nc1ccc(CCN2CCN(C(=O)OC(C)(C)C)CC2)cc1. The van der Waals surface area contributed by atoms with Crippen molar-refractivity contribution in [3.05, 3.63) is 29.8 Å². The van der Waals surface area contributed by atoms with Gasteiger partial charge in [0.2, 0.25) is 5.91 Å². The van der Waals surface area contributed by atoms with E-state index in [1.807, 2.05) is 46.8 Å². The van der Waals surface area contributed by atoms with Crippen molar-refractivity contribution in [2.24, 2.45) is 5.92 Å². The standard InChI is InChI=1S/C22H35N3O3/c1-17(2)16-20(26)23-19-8-6-18(7-9-19)10-11-24-12-14-25(15-13-24)21(27)28-22(3,4)5/h6-9,17H,10-16H2,1-5H3,(H,23,26). The van der Waals surface area contributed by atoms with Crippen LogP contribution in [0.5, 0.6) is 0 Å². The van der Waals surface area contributed by atoms with Crippen LogP contribution in [0.25, 0.3) is 0 Å². The first kappa shape index (κ1) is 22.2. The van der Waals surface area contributed by atoms with Gasteiger partial charge in [-0.15, -0.1) is 0 Å². The van der Waals surface area contributed by atoms with Gasteiger partial charge in [-0.2, -0.15) is 0 Å². The van der Waals surface area contributed by atoms with Crippen LogP contribution in [0.2, 0.25) is 0 Å². The number of carbonyl (C=O) groups excluding carboxylic acids is 2. The van der Waals surface area contributed by atoms with Crippen molar-refractivity contribution < 1.29 is 14.3 Å². The Morgan fingerprint density at radius 1 is 1.07 bits per heavy atom. The highest BCUT2D eigenvalue weighted by molar-refractivity contribution is 5.90. The summed E-state index contributed by atoms with van der Waals surface area (Å²) in [5.41, 5.74) is 1.64. The van der Waals surface area contributed by atoms with Gasteiger partial charge in [0.1, 0.15) is 5.60 Å². The van der Waals surface area contributed by atoms with E-state index in [-0.39, 0.29) is 12.0 Å². The first-order valence-electron chi connectivity index (χ1n) is 10.2. The lowest BCUT2D eigenvalue weighted by molar-refractivity contribution is -0.116. The van der Waals surface area contributed by atoms with E-state index < -0.39 is 5.60 Å². The van der Waals surface area contributed by atoms with Crippen molar-refractivity contribution in [3.8, 4) is 0 Å². The molecule has 0 bridgehead atoms. The van der Waals surface area contributed by atoms with Crippen LogP contribution in [0.1, 0.15) is 46.6 Å². The molecule has 0 radical (unpaired) electrons. The number of benzene rings is 1. The molecule has 0 aliphatic carbocycles. The summed E-state index contributed by atoms with van der Waals surface area (Å²) in [4.78, 5) is 28.1. The van der Waals surface area contributed by atoms with Crippen LogP contribution in [0.4, 0.5) is 10.5 Å². The summed E-state index contributed by atoms with van der Waals surface area (Å²) in [6, 6.07) is 8.08. The van der Waals surface area contributed by atoms with Crippen molar-refractivity contribution in [1.29, 1.82) is 0 Å². The molecular formula is C22H35N3O3. The van der Waals surface area contributed by atoms with E-state index in [4.69, 9.17) is 4.74 Å². The van der Waals surface area contributed by atoms with E-state index in [0.29, 0.717) is 25.4 Å². The number of anilines is 1. The van der Waals surface area contributed by atoms with Crippen molar-refractivity contribution in [3.63, 3.8) is 0 Å². The maximum absolute atomic E-state index is 12.1. The first-order chi connectivity index (χ1) is 13.1. The minimum absolute atomic E-state index is 0.0607. The molecule has 1 aliphatic rings. The van der Waals surface area contributed by atoms with Gasteiger partial charge in [0.15, 0.2) is 0 Å². The zero-order valence-corrected chi connectivity index (χ0v) is 18.0. The molecule has 28 heavy (non-hydrogen) atoms. The number of rotatable bonds is 6. The number of hydrogen-bond donors (Lipinski definition) is 1. The molecule has 1 heterocycles. The van der Waals surface area contributed by atoms with Gasteiger partial charge < -0.3 is 15.0 Å². The predicted octanol–water partition coefficient (Wildman–Crippen LogP) is 3.77. The van der Waals surface area contributed by atoms with Crippen LogP contribution >= 0.6 is 0 Å². The quantitative estimate of drug-likeness (QED) is 0.805. The fourth-order valence-electron chi connectivity index (χ4n) is 3.11. The minimum Gasteiger partial charge on any atom is -0.444 e. The van der Waals surface area contributed by atoms with Crippen molar-refractivity contribution in [2.45, 2.75) is 53.1 Å². The first-order valence-corrected chi connectivity index (χ1v) is 10.2. The van der Waals surface area contributed by atoms with E-state index in [1.165, 1.54) is 5.56 Å². The lowest BCUT2D eigenvalue weighted by atomic mass is 10.1. The van der Waals surface area contributed by atoms with Crippen LogP contribution in [0.3, 0.4) is 0 Å². The van der Waals surface area contributed by atoms with Gasteiger partial charge >= 0.3 is 6.09 Å². The van der Waals surface area contributed by atoms with E-state index >= 15 is 0 Å². The molecule has 0 saturated carbocycles. The molecule has 0 spiro atoms. The molecule has 1 aliphatic heterocycles. The van der Waals surface area contributed by atoms with Crippen LogP contribution < -0.4 is 5.32 Å². The van der Waals surface area contributed by atoms with Crippen LogP contribution in [0.15, 0.2) is 24.3 Å². The van der Waals surface area contributed by atoms with Gasteiger partial charge in [-0.3, -0.25) is 9.69 Å². The second-order valence-electron chi connectivity index (χ2n) is 8.90. The Labute approximate surface area is 169 Å². The second kappa shape index (κ2) is 9.92. The minimum atomic E-state index is -0.450. The summed E-state index contributed by atoms with van der Waals surface area (Å²) in [5, 5.41) is 2.94. The van der Waals surface area contributed by atoms with Crippen LogP contribution in [-0.4, -0.2) is 60.1 Å². The Hall–Kier alpha value is -2.08. The molecule has 2 amide bonds. The van der Waals surface area contributed by atoms with Crippen molar-refractivity contribution in [2.75, 3.05) is 38.0 Å². The highest BCUT2D eigenvalue weighted by atomic mass is 16.6. The summed E-state index contributed by atoms with van der Waals surface area (Å²) in [7, 11) is 0. The Balaban J connectivity index is 1.72. The predicted molar refractivity (Wildman–Crippen MR) is 112 cm³/mol. The summed E-state index contributed by atoms with van der Waals surface area (Å²) in [5.74, 6) is 0.417. The van der Waals surface area contributed by atoms with E-state index in [1.54, 1.807) is 4.90 Å². The normalized spacial score (nSPS) is 15.6. The molecule has 156 valence electrons. The lowest BCUT2D eigenvalue weighted by Gasteiger charge is -2.35. The van der Waals surface area contributed by atoms with Gasteiger partial charge in [0.25, 0.3) is 0 Å². The smallest absolute Gasteiger partial charge is 0.410 e. The van der Waals surface area contributed by atoms with Gasteiger partial charge in [-0.25, -0.2) is 4.79 Å². The number of nitrogens with zero attached hydrogens (tertiary/aromatic N) is 2. The third-order valence-corrected chi connectivity index (χ3v) is 4.57. The Morgan fingerprint density at radius 3 is 2.21 bits per heavy atom. The average molecular weight is 390 g/mol. The zero-order valence-electron chi connectivity index (χ0n) is 18.0. The van der Waals surface area contributed by atoms with Gasteiger partial charge in [-0.1, -0.05) is 26.0 Å². The maximum atomic E-state index is 12.1. The molecule has 6 heteroatoms. The number of amides is 2.